The summed E-state index contributed by atoms with van der Waals surface area (Å²) in [5.74, 6) is 1.87. The fraction of sp³-hybridized carbons (Fsp3) is 0.385. The van der Waals surface area contributed by atoms with Crippen LogP contribution in [0.2, 0.25) is 0 Å². The summed E-state index contributed by atoms with van der Waals surface area (Å²) in [5, 5.41) is 10.3. The van der Waals surface area contributed by atoms with Crippen molar-refractivity contribution >= 4 is 34.3 Å². The maximum Gasteiger partial charge on any atom is 0.262 e. The molecule has 0 saturated carbocycles. The highest BCUT2D eigenvalue weighted by Gasteiger charge is 2.20. The van der Waals surface area contributed by atoms with Crippen LogP contribution in [0.1, 0.15) is 49.0 Å². The Balaban J connectivity index is 1.42. The van der Waals surface area contributed by atoms with Crippen LogP contribution in [0.25, 0.3) is 16.7 Å². The molecule has 1 amide bonds. The first kappa shape index (κ1) is 22.7. The molecular formula is C26H29N5O2S. The Morgan fingerprint density at radius 3 is 2.50 bits per heavy atom. The minimum atomic E-state index is -0.0223. The lowest BCUT2D eigenvalue weighted by Gasteiger charge is -2.15. The fourth-order valence-corrected chi connectivity index (χ4v) is 5.31. The summed E-state index contributed by atoms with van der Waals surface area (Å²) in [6.45, 7) is 6.62. The number of thioether (sulfide) groups is 1. The zero-order valence-electron chi connectivity index (χ0n) is 19.6. The zero-order chi connectivity index (χ0) is 23.7. The average molecular weight is 476 g/mol. The summed E-state index contributed by atoms with van der Waals surface area (Å²) < 4.78 is 3.74. The molecule has 4 aromatic rings. The monoisotopic (exact) mass is 475 g/mol. The van der Waals surface area contributed by atoms with E-state index in [1.54, 1.807) is 16.3 Å². The van der Waals surface area contributed by atoms with Crippen molar-refractivity contribution in [2.45, 2.75) is 50.6 Å². The number of hydrogen-bond acceptors (Lipinski definition) is 5. The van der Waals surface area contributed by atoms with Gasteiger partial charge in [0.25, 0.3) is 11.5 Å². The first-order valence-corrected chi connectivity index (χ1v) is 12.9. The molecule has 0 spiro atoms. The van der Waals surface area contributed by atoms with Crippen molar-refractivity contribution in [3.05, 3.63) is 70.0 Å². The van der Waals surface area contributed by atoms with E-state index in [1.807, 2.05) is 57.8 Å². The second kappa shape index (κ2) is 9.62. The zero-order valence-corrected chi connectivity index (χ0v) is 20.4. The van der Waals surface area contributed by atoms with E-state index < -0.39 is 0 Å². The number of carbonyl (C=O) groups excluding carboxylic acids is 1. The van der Waals surface area contributed by atoms with Gasteiger partial charge in [-0.15, -0.1) is 10.2 Å². The topological polar surface area (TPSA) is 72.5 Å². The number of aryl methyl sites for hydroxylation is 1. The minimum absolute atomic E-state index is 0.0223. The molecule has 1 saturated heterocycles. The molecule has 1 aliphatic rings. The van der Waals surface area contributed by atoms with E-state index in [-0.39, 0.29) is 11.5 Å². The van der Waals surface area contributed by atoms with Crippen LogP contribution >= 0.6 is 11.8 Å². The van der Waals surface area contributed by atoms with Gasteiger partial charge in [0.15, 0.2) is 5.16 Å². The van der Waals surface area contributed by atoms with Gasteiger partial charge in [-0.1, -0.05) is 49.9 Å². The van der Waals surface area contributed by atoms with E-state index >= 15 is 0 Å². The Morgan fingerprint density at radius 2 is 1.76 bits per heavy atom. The molecule has 5 rings (SSSR count). The quantitative estimate of drug-likeness (QED) is 0.365. The van der Waals surface area contributed by atoms with Crippen LogP contribution < -0.4 is 5.56 Å². The number of carbonyl (C=O) groups is 1. The number of aromatic nitrogens is 4. The van der Waals surface area contributed by atoms with Gasteiger partial charge in [-0.3, -0.25) is 18.6 Å². The number of fused-ring (bicyclic) bond motifs is 3. The fourth-order valence-electron chi connectivity index (χ4n) is 4.41. The van der Waals surface area contributed by atoms with Gasteiger partial charge in [0, 0.05) is 31.0 Å². The largest absolute Gasteiger partial charge is 0.339 e. The van der Waals surface area contributed by atoms with Crippen molar-refractivity contribution in [1.29, 1.82) is 0 Å². The predicted molar refractivity (Wildman–Crippen MR) is 135 cm³/mol. The summed E-state index contributed by atoms with van der Waals surface area (Å²) >= 11 is 1.58. The van der Waals surface area contributed by atoms with Crippen LogP contribution in [0.5, 0.6) is 0 Å². The first-order valence-electron chi connectivity index (χ1n) is 11.9. The van der Waals surface area contributed by atoms with E-state index in [9.17, 15) is 9.59 Å². The molecule has 34 heavy (non-hydrogen) atoms. The maximum atomic E-state index is 13.2. The molecule has 0 bridgehead atoms. The third-order valence-electron chi connectivity index (χ3n) is 6.37. The van der Waals surface area contributed by atoms with Crippen LogP contribution in [0.4, 0.5) is 0 Å². The summed E-state index contributed by atoms with van der Waals surface area (Å²) in [6, 6.07) is 15.5. The lowest BCUT2D eigenvalue weighted by atomic mass is 10.1. The maximum absolute atomic E-state index is 13.2. The molecule has 1 fully saturated rings. The van der Waals surface area contributed by atoms with Crippen LogP contribution in [0, 0.1) is 5.92 Å². The lowest BCUT2D eigenvalue weighted by Crippen LogP contribution is -2.27. The highest BCUT2D eigenvalue weighted by Crippen LogP contribution is 2.25. The minimum Gasteiger partial charge on any atom is -0.339 e. The van der Waals surface area contributed by atoms with Crippen LogP contribution in [-0.2, 0) is 12.3 Å². The SMILES string of the molecule is CC(C)CCn1c(=O)c2ccccc2n2c(SCc3ccc(C(=O)N4CCCC4)cc3)nnc12. The summed E-state index contributed by atoms with van der Waals surface area (Å²) in [6.07, 6.45) is 3.07. The van der Waals surface area contributed by atoms with E-state index in [1.165, 1.54) is 0 Å². The molecule has 0 unspecified atom stereocenters. The number of likely N-dealkylation sites (tertiary alicyclic amines) is 1. The highest BCUT2D eigenvalue weighted by atomic mass is 32.2. The van der Waals surface area contributed by atoms with E-state index in [0.29, 0.717) is 29.4 Å². The number of nitrogens with zero attached hydrogens (tertiary/aromatic N) is 5. The molecule has 1 aliphatic heterocycles. The molecule has 3 heterocycles. The van der Waals surface area contributed by atoms with Gasteiger partial charge in [-0.25, -0.2) is 0 Å². The van der Waals surface area contributed by atoms with Crippen LogP contribution in [0.15, 0.2) is 58.5 Å². The van der Waals surface area contributed by atoms with Crippen molar-refractivity contribution in [3.63, 3.8) is 0 Å². The molecular weight excluding hydrogens is 446 g/mol. The molecule has 7 nitrogen and oxygen atoms in total. The van der Waals surface area contributed by atoms with Crippen LogP contribution in [-0.4, -0.2) is 43.1 Å². The lowest BCUT2D eigenvalue weighted by molar-refractivity contribution is 0.0793. The van der Waals surface area contributed by atoms with Crippen molar-refractivity contribution in [2.75, 3.05) is 13.1 Å². The first-order chi connectivity index (χ1) is 16.5. The molecule has 2 aromatic heterocycles. The summed E-state index contributed by atoms with van der Waals surface area (Å²) in [7, 11) is 0. The molecule has 0 atom stereocenters. The third kappa shape index (κ3) is 4.34. The number of rotatable bonds is 7. The second-order valence-corrected chi connectivity index (χ2v) is 10.2. The van der Waals surface area contributed by atoms with Crippen molar-refractivity contribution in [2.24, 2.45) is 5.92 Å². The molecule has 2 aromatic carbocycles. The molecule has 8 heteroatoms. The average Bonchev–Trinajstić information content (AvgIpc) is 3.53. The van der Waals surface area contributed by atoms with Gasteiger partial charge < -0.3 is 4.90 Å². The molecule has 0 aliphatic carbocycles. The van der Waals surface area contributed by atoms with Gasteiger partial charge in [-0.05, 0) is 55.0 Å². The van der Waals surface area contributed by atoms with E-state index in [4.69, 9.17) is 0 Å². The smallest absolute Gasteiger partial charge is 0.262 e. The molecule has 0 N–H and O–H groups in total. The molecule has 0 radical (unpaired) electrons. The Morgan fingerprint density at radius 1 is 1.03 bits per heavy atom. The standard InChI is InChI=1S/C26H29N5O2S/c1-18(2)13-16-30-24(33)21-7-3-4-8-22(21)31-25(30)27-28-26(31)34-17-19-9-11-20(12-10-19)23(32)29-14-5-6-15-29/h3-4,7-12,18H,5-6,13-17H2,1-2H3. The van der Waals surface area contributed by atoms with Gasteiger partial charge in [0.05, 0.1) is 10.9 Å². The Labute approximate surface area is 202 Å². The number of para-hydroxylation sites is 1. The predicted octanol–water partition coefficient (Wildman–Crippen LogP) is 4.62. The second-order valence-electron chi connectivity index (χ2n) is 9.26. The van der Waals surface area contributed by atoms with Gasteiger partial charge in [0.1, 0.15) is 0 Å². The van der Waals surface area contributed by atoms with E-state index in [0.717, 1.165) is 54.2 Å². The van der Waals surface area contributed by atoms with E-state index in [2.05, 4.69) is 24.0 Å². The van der Waals surface area contributed by atoms with Crippen molar-refractivity contribution in [1.82, 2.24) is 24.1 Å². The van der Waals surface area contributed by atoms with Gasteiger partial charge in [-0.2, -0.15) is 0 Å². The molecule has 176 valence electrons. The number of benzene rings is 2. The Kier molecular flexibility index (Phi) is 6.41. The Hall–Kier alpha value is -3.13. The summed E-state index contributed by atoms with van der Waals surface area (Å²) in [4.78, 5) is 27.7. The van der Waals surface area contributed by atoms with Gasteiger partial charge >= 0.3 is 0 Å². The normalized spacial score (nSPS) is 14.0. The Bertz CT molecular complexity index is 1380. The third-order valence-corrected chi connectivity index (χ3v) is 7.37. The van der Waals surface area contributed by atoms with Gasteiger partial charge in [0.2, 0.25) is 5.78 Å². The summed E-state index contributed by atoms with van der Waals surface area (Å²) in [5.41, 5.74) is 2.65. The van der Waals surface area contributed by atoms with Crippen molar-refractivity contribution in [3.8, 4) is 0 Å². The highest BCUT2D eigenvalue weighted by molar-refractivity contribution is 7.98. The number of amides is 1. The van der Waals surface area contributed by atoms with Crippen LogP contribution in [0.3, 0.4) is 0 Å². The van der Waals surface area contributed by atoms with Crippen molar-refractivity contribution < 1.29 is 4.79 Å². The number of hydrogen-bond donors (Lipinski definition) is 0.